The average Bonchev–Trinajstić information content (AvgIpc) is 2.48. The molecule has 0 aliphatic heterocycles. The van der Waals surface area contributed by atoms with E-state index in [1.807, 2.05) is 0 Å². The number of fused-ring (bicyclic) bond motifs is 1. The minimum absolute atomic E-state index is 0.0173. The van der Waals surface area contributed by atoms with Gasteiger partial charge in [-0.3, -0.25) is 0 Å². The quantitative estimate of drug-likeness (QED) is 0.494. The molecule has 0 saturated heterocycles. The largest absolute Gasteiger partial charge is 0.506 e. The summed E-state index contributed by atoms with van der Waals surface area (Å²) in [6.45, 7) is 0. The lowest BCUT2D eigenvalue weighted by atomic mass is 10.1. The summed E-state index contributed by atoms with van der Waals surface area (Å²) < 4.78 is 0.717. The molecule has 0 aliphatic rings. The summed E-state index contributed by atoms with van der Waals surface area (Å²) in [6, 6.07) is 2.95. The molecule has 5 heteroatoms. The van der Waals surface area contributed by atoms with E-state index < -0.39 is 5.97 Å². The number of carbonyl (C=O) groups is 1. The van der Waals surface area contributed by atoms with Gasteiger partial charge in [0.2, 0.25) is 0 Å². The van der Waals surface area contributed by atoms with Gasteiger partial charge in [-0.2, -0.15) is 0 Å². The highest BCUT2D eigenvalue weighted by Gasteiger charge is 2.12. The zero-order chi connectivity index (χ0) is 10.3. The van der Waals surface area contributed by atoms with Gasteiger partial charge in [0.05, 0.1) is 11.3 Å². The molecule has 0 atom stereocenters. The maximum Gasteiger partial charge on any atom is 0.337 e. The van der Waals surface area contributed by atoms with Gasteiger partial charge in [-0.15, -0.1) is 11.3 Å². The topological polar surface area (TPSA) is 83.6 Å². The maximum absolute atomic E-state index is 10.8. The van der Waals surface area contributed by atoms with Crippen LogP contribution in [0.5, 0.6) is 5.75 Å². The van der Waals surface area contributed by atoms with E-state index in [-0.39, 0.29) is 17.0 Å². The Hall–Kier alpha value is -1.75. The first-order chi connectivity index (χ1) is 6.59. The van der Waals surface area contributed by atoms with Crippen molar-refractivity contribution in [3.8, 4) is 5.75 Å². The van der Waals surface area contributed by atoms with Crippen LogP contribution in [0.1, 0.15) is 10.4 Å². The first-order valence-electron chi connectivity index (χ1n) is 3.82. The summed E-state index contributed by atoms with van der Waals surface area (Å²) in [5, 5.41) is 20.2. The predicted octanol–water partition coefficient (Wildman–Crippen LogP) is 1.89. The number of phenolic OH excluding ortho intramolecular Hbond substituents is 1. The van der Waals surface area contributed by atoms with Crippen LogP contribution in [0.2, 0.25) is 0 Å². The molecule has 72 valence electrons. The van der Waals surface area contributed by atoms with Gasteiger partial charge in [0.15, 0.2) is 0 Å². The second-order valence-corrected chi connectivity index (χ2v) is 3.77. The molecule has 0 spiro atoms. The van der Waals surface area contributed by atoms with E-state index in [4.69, 9.17) is 10.8 Å². The molecule has 0 fully saturated rings. The van der Waals surface area contributed by atoms with Crippen LogP contribution in [0.4, 0.5) is 5.69 Å². The van der Waals surface area contributed by atoms with Crippen LogP contribution < -0.4 is 5.73 Å². The van der Waals surface area contributed by atoms with E-state index in [0.29, 0.717) is 10.1 Å². The Bertz CT molecular complexity index is 518. The maximum atomic E-state index is 10.8. The van der Waals surface area contributed by atoms with Crippen molar-refractivity contribution in [2.75, 3.05) is 5.73 Å². The second-order valence-electron chi connectivity index (χ2n) is 2.86. The van der Waals surface area contributed by atoms with Crippen LogP contribution in [0.3, 0.4) is 0 Å². The third kappa shape index (κ3) is 1.18. The van der Waals surface area contributed by atoms with Crippen molar-refractivity contribution in [3.63, 3.8) is 0 Å². The van der Waals surface area contributed by atoms with Crippen molar-refractivity contribution in [1.29, 1.82) is 0 Å². The Morgan fingerprint density at radius 1 is 1.43 bits per heavy atom. The van der Waals surface area contributed by atoms with E-state index in [1.165, 1.54) is 28.8 Å². The Morgan fingerprint density at radius 3 is 2.79 bits per heavy atom. The smallest absolute Gasteiger partial charge is 0.337 e. The standard InChI is InChI=1S/C9H7NO3S/c10-6-1-4-5(9(12)13)3-14-8(4)2-7(6)11/h1-3,11H,10H2,(H,12,13). The summed E-state index contributed by atoms with van der Waals surface area (Å²) in [4.78, 5) is 10.8. The predicted molar refractivity (Wildman–Crippen MR) is 54.9 cm³/mol. The Kier molecular flexibility index (Phi) is 1.82. The van der Waals surface area contributed by atoms with Gasteiger partial charge in [-0.05, 0) is 12.1 Å². The van der Waals surface area contributed by atoms with Gasteiger partial charge in [-0.1, -0.05) is 0 Å². The summed E-state index contributed by atoms with van der Waals surface area (Å²) in [5.74, 6) is -1.00. The number of carboxylic acid groups (broad SMARTS) is 1. The summed E-state index contributed by atoms with van der Waals surface area (Å²) in [6.07, 6.45) is 0. The minimum Gasteiger partial charge on any atom is -0.506 e. The number of phenols is 1. The van der Waals surface area contributed by atoms with Gasteiger partial charge in [0.1, 0.15) is 5.75 Å². The highest BCUT2D eigenvalue weighted by Crippen LogP contribution is 2.33. The van der Waals surface area contributed by atoms with Gasteiger partial charge in [0, 0.05) is 15.5 Å². The van der Waals surface area contributed by atoms with E-state index in [0.717, 1.165) is 0 Å². The van der Waals surface area contributed by atoms with Crippen molar-refractivity contribution >= 4 is 33.1 Å². The molecule has 0 radical (unpaired) electrons. The molecule has 2 aromatic rings. The fraction of sp³-hybridized carbons (Fsp3) is 0. The molecular formula is C9H7NO3S. The first-order valence-corrected chi connectivity index (χ1v) is 4.70. The first kappa shape index (κ1) is 8.83. The number of anilines is 1. The minimum atomic E-state index is -0.985. The summed E-state index contributed by atoms with van der Waals surface area (Å²) >= 11 is 1.27. The molecule has 0 amide bonds. The fourth-order valence-electron chi connectivity index (χ4n) is 1.25. The number of hydrogen-bond acceptors (Lipinski definition) is 4. The third-order valence-electron chi connectivity index (χ3n) is 1.95. The highest BCUT2D eigenvalue weighted by molar-refractivity contribution is 7.17. The number of aromatic carboxylic acids is 1. The van der Waals surface area contributed by atoms with Crippen molar-refractivity contribution < 1.29 is 15.0 Å². The molecule has 0 bridgehead atoms. The molecular weight excluding hydrogens is 202 g/mol. The van der Waals surface area contributed by atoms with Gasteiger partial charge < -0.3 is 15.9 Å². The zero-order valence-corrected chi connectivity index (χ0v) is 7.84. The van der Waals surface area contributed by atoms with Crippen molar-refractivity contribution in [1.82, 2.24) is 0 Å². The molecule has 1 aromatic carbocycles. The third-order valence-corrected chi connectivity index (χ3v) is 2.90. The zero-order valence-electron chi connectivity index (χ0n) is 7.02. The number of hydrogen-bond donors (Lipinski definition) is 3. The Labute approximate surface area is 83.2 Å². The number of nitrogen functional groups attached to an aromatic ring is 1. The lowest BCUT2D eigenvalue weighted by Gasteiger charge is -1.98. The van der Waals surface area contributed by atoms with Crippen LogP contribution >= 0.6 is 11.3 Å². The van der Waals surface area contributed by atoms with Crippen molar-refractivity contribution in [3.05, 3.63) is 23.1 Å². The lowest BCUT2D eigenvalue weighted by Crippen LogP contribution is -1.94. The second kappa shape index (κ2) is 2.88. The molecule has 2 rings (SSSR count). The monoisotopic (exact) mass is 209 g/mol. The lowest BCUT2D eigenvalue weighted by molar-refractivity contribution is 0.0699. The van der Waals surface area contributed by atoms with E-state index >= 15 is 0 Å². The number of nitrogens with two attached hydrogens (primary N) is 1. The number of benzene rings is 1. The van der Waals surface area contributed by atoms with E-state index in [2.05, 4.69) is 0 Å². The van der Waals surface area contributed by atoms with E-state index in [1.54, 1.807) is 0 Å². The van der Waals surface area contributed by atoms with E-state index in [9.17, 15) is 9.90 Å². The Balaban J connectivity index is 2.80. The molecule has 0 saturated carbocycles. The van der Waals surface area contributed by atoms with Gasteiger partial charge in [0.25, 0.3) is 0 Å². The van der Waals surface area contributed by atoms with Crippen LogP contribution in [-0.4, -0.2) is 16.2 Å². The molecule has 4 nitrogen and oxygen atoms in total. The SMILES string of the molecule is Nc1cc2c(C(=O)O)csc2cc1O. The summed E-state index contributed by atoms with van der Waals surface area (Å²) in [7, 11) is 0. The molecule has 4 N–H and O–H groups in total. The van der Waals surface area contributed by atoms with Crippen LogP contribution in [0.15, 0.2) is 17.5 Å². The highest BCUT2D eigenvalue weighted by atomic mass is 32.1. The van der Waals surface area contributed by atoms with Crippen LogP contribution in [0, 0.1) is 0 Å². The Morgan fingerprint density at radius 2 is 2.14 bits per heavy atom. The van der Waals surface area contributed by atoms with Crippen molar-refractivity contribution in [2.45, 2.75) is 0 Å². The summed E-state index contributed by atoms with van der Waals surface area (Å²) in [5.41, 5.74) is 5.89. The van der Waals surface area contributed by atoms with Gasteiger partial charge >= 0.3 is 5.97 Å². The normalized spacial score (nSPS) is 10.6. The number of thiophene rings is 1. The van der Waals surface area contributed by atoms with Crippen molar-refractivity contribution in [2.24, 2.45) is 0 Å². The molecule has 1 heterocycles. The molecule has 0 unspecified atom stereocenters. The van der Waals surface area contributed by atoms with Crippen LogP contribution in [0.25, 0.3) is 10.1 Å². The van der Waals surface area contributed by atoms with Crippen LogP contribution in [-0.2, 0) is 0 Å². The fourth-order valence-corrected chi connectivity index (χ4v) is 2.19. The molecule has 0 aliphatic carbocycles. The van der Waals surface area contributed by atoms with Gasteiger partial charge in [-0.25, -0.2) is 4.79 Å². The number of carboxylic acids is 1. The molecule has 14 heavy (non-hydrogen) atoms. The average molecular weight is 209 g/mol. The molecule has 1 aromatic heterocycles. The number of aromatic hydroxyl groups is 1. The number of rotatable bonds is 1.